The topological polar surface area (TPSA) is 57.9 Å². The fourth-order valence-electron chi connectivity index (χ4n) is 2.59. The number of pyridine rings is 1. The molecule has 1 aliphatic rings. The van der Waals surface area contributed by atoms with Gasteiger partial charge in [-0.25, -0.2) is 18.6 Å². The Bertz CT molecular complexity index is 1010. The molecule has 1 fully saturated rings. The molecule has 0 bridgehead atoms. The van der Waals surface area contributed by atoms with Crippen molar-refractivity contribution in [2.45, 2.75) is 31.6 Å². The maximum atomic E-state index is 13.8. The van der Waals surface area contributed by atoms with Gasteiger partial charge in [-0.15, -0.1) is 0 Å². The van der Waals surface area contributed by atoms with E-state index in [-0.39, 0.29) is 0 Å². The van der Waals surface area contributed by atoms with Crippen LogP contribution in [0.5, 0.6) is 0 Å². The quantitative estimate of drug-likeness (QED) is 0.401. The zero-order chi connectivity index (χ0) is 20.3. The molecule has 1 aromatic carbocycles. The van der Waals surface area contributed by atoms with Gasteiger partial charge in [0, 0.05) is 19.3 Å². The Hall–Kier alpha value is -1.80. The van der Waals surface area contributed by atoms with Gasteiger partial charge in [-0.05, 0) is 72.8 Å². The molecule has 1 atom stereocenters. The molecule has 0 aliphatic heterocycles. The van der Waals surface area contributed by atoms with Crippen LogP contribution in [0.1, 0.15) is 25.5 Å². The fourth-order valence-corrected chi connectivity index (χ4v) is 5.45. The minimum atomic E-state index is -2.82. The van der Waals surface area contributed by atoms with E-state index in [0.717, 1.165) is 19.4 Å². The van der Waals surface area contributed by atoms with E-state index in [2.05, 4.69) is 30.3 Å². The molecular weight excluding hydrogens is 443 g/mol. The summed E-state index contributed by atoms with van der Waals surface area (Å²) in [7, 11) is -0.874. The molecule has 1 saturated carbocycles. The molecule has 1 aromatic heterocycles. The van der Waals surface area contributed by atoms with Crippen molar-refractivity contribution < 1.29 is 8.60 Å². The first kappa shape index (κ1) is 20.9. The number of aryl methyl sites for hydroxylation is 1. The van der Waals surface area contributed by atoms with Crippen molar-refractivity contribution in [3.8, 4) is 0 Å². The lowest BCUT2D eigenvalue weighted by atomic mass is 10.3. The number of rotatable bonds is 7. The van der Waals surface area contributed by atoms with Crippen molar-refractivity contribution in [3.63, 3.8) is 0 Å². The molecule has 0 radical (unpaired) electrons. The third-order valence-electron chi connectivity index (χ3n) is 4.57. The van der Waals surface area contributed by atoms with E-state index < -0.39 is 15.5 Å². The molecule has 28 heavy (non-hydrogen) atoms. The number of aliphatic imine (C=N–C) groups is 1. The van der Waals surface area contributed by atoms with E-state index in [1.54, 1.807) is 18.5 Å². The number of nitrogens with zero attached hydrogens (tertiary/aromatic N) is 4. The molecule has 8 heteroatoms. The van der Waals surface area contributed by atoms with Crippen molar-refractivity contribution in [3.05, 3.63) is 46.3 Å². The van der Waals surface area contributed by atoms with E-state index in [4.69, 9.17) is 0 Å². The second-order valence-corrected chi connectivity index (χ2v) is 10.1. The van der Waals surface area contributed by atoms with Gasteiger partial charge in [-0.1, -0.05) is 6.07 Å². The summed E-state index contributed by atoms with van der Waals surface area (Å²) in [4.78, 5) is 11.3. The van der Waals surface area contributed by atoms with Crippen LogP contribution in [0.4, 0.5) is 15.9 Å². The molecule has 0 amide bonds. The Morgan fingerprint density at radius 2 is 2.14 bits per heavy atom. The summed E-state index contributed by atoms with van der Waals surface area (Å²) in [6.07, 6.45) is 3.82. The molecule has 0 N–H and O–H groups in total. The summed E-state index contributed by atoms with van der Waals surface area (Å²) in [5, 5.41) is 0. The van der Waals surface area contributed by atoms with Gasteiger partial charge in [0.25, 0.3) is 0 Å². The molecule has 0 saturated heterocycles. The summed E-state index contributed by atoms with van der Waals surface area (Å²) in [6, 6.07) is 7.73. The van der Waals surface area contributed by atoms with Crippen molar-refractivity contribution in [2.75, 3.05) is 19.3 Å². The molecule has 5 nitrogen and oxygen atoms in total. The Kier molecular flexibility index (Phi) is 6.50. The summed E-state index contributed by atoms with van der Waals surface area (Å²) in [6.45, 7) is 4.73. The summed E-state index contributed by atoms with van der Waals surface area (Å²) >= 11 is 3.48. The Morgan fingerprint density at radius 1 is 1.39 bits per heavy atom. The summed E-state index contributed by atoms with van der Waals surface area (Å²) < 4.78 is 32.6. The van der Waals surface area contributed by atoms with Gasteiger partial charge in [-0.2, -0.15) is 4.36 Å². The van der Waals surface area contributed by atoms with Crippen LogP contribution in [0.25, 0.3) is 0 Å². The molecule has 1 aliphatic carbocycles. The van der Waals surface area contributed by atoms with Gasteiger partial charge in [-0.3, -0.25) is 0 Å². The van der Waals surface area contributed by atoms with Crippen molar-refractivity contribution in [1.29, 1.82) is 0 Å². The van der Waals surface area contributed by atoms with Crippen LogP contribution in [0, 0.1) is 18.7 Å². The summed E-state index contributed by atoms with van der Waals surface area (Å²) in [5.41, 5.74) is 1.40. The highest BCUT2D eigenvalue weighted by atomic mass is 79.9. The van der Waals surface area contributed by atoms with Gasteiger partial charge >= 0.3 is 0 Å². The average molecular weight is 467 g/mol. The maximum absolute atomic E-state index is 13.8. The van der Waals surface area contributed by atoms with Gasteiger partial charge in [0.1, 0.15) is 5.82 Å². The highest BCUT2D eigenvalue weighted by Gasteiger charge is 2.28. The smallest absolute Gasteiger partial charge is 0.176 e. The molecule has 1 unspecified atom stereocenters. The van der Waals surface area contributed by atoms with Crippen molar-refractivity contribution in [2.24, 2.45) is 15.3 Å². The van der Waals surface area contributed by atoms with E-state index >= 15 is 0 Å². The molecule has 1 heterocycles. The zero-order valence-corrected chi connectivity index (χ0v) is 18.6. The molecular formula is C20H24BrFN4OS. The average Bonchev–Trinajstić information content (AvgIpc) is 3.46. The van der Waals surface area contributed by atoms with Crippen LogP contribution in [0.15, 0.2) is 49.1 Å². The lowest BCUT2D eigenvalue weighted by Gasteiger charge is -2.12. The number of hydrogen-bond donors (Lipinski definition) is 0. The van der Waals surface area contributed by atoms with Crippen molar-refractivity contribution in [1.82, 2.24) is 9.88 Å². The third-order valence-corrected chi connectivity index (χ3v) is 7.54. The van der Waals surface area contributed by atoms with Gasteiger partial charge in [0.2, 0.25) is 0 Å². The van der Waals surface area contributed by atoms with Crippen LogP contribution in [0.3, 0.4) is 0 Å². The van der Waals surface area contributed by atoms with E-state index in [1.807, 2.05) is 31.9 Å². The van der Waals surface area contributed by atoms with Crippen LogP contribution in [0.2, 0.25) is 0 Å². The SMILES string of the molecule is CCN(C)/C=N\c1cc(Br)c(N=S(=O)(CC2CC2)c2cccc(F)c2)nc1C. The lowest BCUT2D eigenvalue weighted by molar-refractivity contribution is 0.552. The van der Waals surface area contributed by atoms with Gasteiger partial charge in [0.15, 0.2) is 5.82 Å². The van der Waals surface area contributed by atoms with E-state index in [9.17, 15) is 8.60 Å². The second-order valence-electron chi connectivity index (χ2n) is 7.02. The number of halogens is 2. The van der Waals surface area contributed by atoms with E-state index in [1.165, 1.54) is 12.1 Å². The standard InChI is InChI=1S/C20H24BrFN4OS/c1-4-26(3)13-23-19-11-18(21)20(24-14(19)2)25-28(27,12-15-8-9-15)17-7-5-6-16(22)10-17/h5-7,10-11,13,15H,4,8-9,12H2,1-3H3/b23-13-. The van der Waals surface area contributed by atoms with Crippen LogP contribution >= 0.6 is 15.9 Å². The molecule has 2 aromatic rings. The Labute approximate surface area is 174 Å². The third kappa shape index (κ3) is 5.17. The maximum Gasteiger partial charge on any atom is 0.176 e. The first-order chi connectivity index (χ1) is 13.3. The van der Waals surface area contributed by atoms with Crippen LogP contribution in [-0.4, -0.2) is 39.8 Å². The monoisotopic (exact) mass is 466 g/mol. The number of hydrogen-bond acceptors (Lipinski definition) is 4. The van der Waals surface area contributed by atoms with E-state index in [0.29, 0.717) is 38.2 Å². The highest BCUT2D eigenvalue weighted by molar-refractivity contribution is 9.10. The first-order valence-electron chi connectivity index (χ1n) is 9.22. The van der Waals surface area contributed by atoms with Crippen LogP contribution < -0.4 is 0 Å². The Morgan fingerprint density at radius 3 is 2.79 bits per heavy atom. The Balaban J connectivity index is 2.04. The minimum absolute atomic E-state index is 0.357. The van der Waals surface area contributed by atoms with Gasteiger partial charge < -0.3 is 4.90 Å². The largest absolute Gasteiger partial charge is 0.366 e. The highest BCUT2D eigenvalue weighted by Crippen LogP contribution is 2.36. The molecule has 150 valence electrons. The lowest BCUT2D eigenvalue weighted by Crippen LogP contribution is -2.14. The van der Waals surface area contributed by atoms with Crippen LogP contribution in [-0.2, 0) is 9.73 Å². The zero-order valence-electron chi connectivity index (χ0n) is 16.2. The first-order valence-corrected chi connectivity index (χ1v) is 11.7. The van der Waals surface area contributed by atoms with Gasteiger partial charge in [0.05, 0.1) is 36.8 Å². The normalized spacial score (nSPS) is 16.2. The predicted octanol–water partition coefficient (Wildman–Crippen LogP) is 5.47. The molecule has 0 spiro atoms. The summed E-state index contributed by atoms with van der Waals surface area (Å²) in [5.74, 6) is 0.734. The minimum Gasteiger partial charge on any atom is -0.366 e. The van der Waals surface area contributed by atoms with Crippen molar-refractivity contribution >= 4 is 43.5 Å². The second kappa shape index (κ2) is 8.69. The molecule has 3 rings (SSSR count). The predicted molar refractivity (Wildman–Crippen MR) is 116 cm³/mol. The number of aromatic nitrogens is 1. The number of benzene rings is 1. The fraction of sp³-hybridized carbons (Fsp3) is 0.400.